The number of hydrogen-bond acceptors (Lipinski definition) is 8. The van der Waals surface area contributed by atoms with Gasteiger partial charge in [-0.1, -0.05) is 24.3 Å². The topological polar surface area (TPSA) is 105 Å². The second-order valence-electron chi connectivity index (χ2n) is 6.87. The molecule has 0 saturated heterocycles. The molecule has 0 bridgehead atoms. The van der Waals surface area contributed by atoms with E-state index in [0.717, 1.165) is 0 Å². The molecular weight excluding hydrogens is 416 g/mol. The van der Waals surface area contributed by atoms with Gasteiger partial charge in [0, 0.05) is 24.8 Å². The largest absolute Gasteiger partial charge is 0.462 e. The fourth-order valence-electron chi connectivity index (χ4n) is 2.63. The van der Waals surface area contributed by atoms with Crippen LogP contribution in [0.3, 0.4) is 0 Å². The lowest BCUT2D eigenvalue weighted by molar-refractivity contribution is -0.0125. The Balaban J connectivity index is 1.61. The summed E-state index contributed by atoms with van der Waals surface area (Å²) in [7, 11) is 1.42. The number of hydrogen-bond donors (Lipinski definition) is 0. The lowest BCUT2D eigenvalue weighted by Gasteiger charge is -2.07. The van der Waals surface area contributed by atoms with Gasteiger partial charge in [0.25, 0.3) is 0 Å². The third-order valence-electron chi connectivity index (χ3n) is 4.43. The van der Waals surface area contributed by atoms with Gasteiger partial charge in [-0.3, -0.25) is 9.59 Å². The number of unbranched alkanes of at least 4 members (excludes halogenated alkanes) is 1. The minimum absolute atomic E-state index is 0.0666. The molecule has 0 fully saturated rings. The van der Waals surface area contributed by atoms with E-state index >= 15 is 0 Å². The van der Waals surface area contributed by atoms with E-state index in [0.29, 0.717) is 41.7 Å². The molecule has 0 saturated carbocycles. The lowest BCUT2D eigenvalue weighted by Crippen LogP contribution is -2.12. The highest BCUT2D eigenvalue weighted by Crippen LogP contribution is 2.09. The van der Waals surface area contributed by atoms with Gasteiger partial charge in [-0.2, -0.15) is 0 Å². The minimum atomic E-state index is -0.532. The first kappa shape index (κ1) is 24.9. The molecule has 0 aromatic heterocycles. The third-order valence-corrected chi connectivity index (χ3v) is 4.43. The van der Waals surface area contributed by atoms with Crippen molar-refractivity contribution in [2.75, 3.05) is 33.7 Å². The SMILES string of the molecule is COCOC(=O)c1ccc(C(=O)COCCCCOC(=O)c2ccc(C(C)=O)cc2)cc1. The Morgan fingerprint density at radius 2 is 1.19 bits per heavy atom. The van der Waals surface area contributed by atoms with E-state index in [1.54, 1.807) is 24.3 Å². The van der Waals surface area contributed by atoms with Crippen LogP contribution in [-0.4, -0.2) is 57.2 Å². The van der Waals surface area contributed by atoms with Gasteiger partial charge in [-0.05, 0) is 44.0 Å². The van der Waals surface area contributed by atoms with Crippen molar-refractivity contribution in [3.63, 3.8) is 0 Å². The van der Waals surface area contributed by atoms with E-state index in [4.69, 9.17) is 14.2 Å². The zero-order chi connectivity index (χ0) is 23.3. The fraction of sp³-hybridized carbons (Fsp3) is 0.333. The fourth-order valence-corrected chi connectivity index (χ4v) is 2.63. The Hall–Kier alpha value is -3.36. The van der Waals surface area contributed by atoms with E-state index in [2.05, 4.69) is 4.74 Å². The molecule has 170 valence electrons. The first-order valence-electron chi connectivity index (χ1n) is 10.1. The zero-order valence-electron chi connectivity index (χ0n) is 18.1. The normalized spacial score (nSPS) is 10.4. The number of benzene rings is 2. The molecule has 8 nitrogen and oxygen atoms in total. The van der Waals surface area contributed by atoms with Gasteiger partial charge < -0.3 is 18.9 Å². The van der Waals surface area contributed by atoms with Crippen LogP contribution in [0.15, 0.2) is 48.5 Å². The molecule has 0 unspecified atom stereocenters. The number of ketones is 2. The molecule has 0 aliphatic carbocycles. The van der Waals surface area contributed by atoms with Gasteiger partial charge in [-0.25, -0.2) is 9.59 Å². The number of methoxy groups -OCH3 is 1. The number of ether oxygens (including phenoxy) is 4. The first-order chi connectivity index (χ1) is 15.4. The Morgan fingerprint density at radius 3 is 1.75 bits per heavy atom. The molecule has 0 heterocycles. The highest BCUT2D eigenvalue weighted by molar-refractivity contribution is 5.98. The summed E-state index contributed by atoms with van der Waals surface area (Å²) in [6.07, 6.45) is 1.21. The van der Waals surface area contributed by atoms with Crippen molar-refractivity contribution in [2.24, 2.45) is 0 Å². The number of esters is 2. The highest BCUT2D eigenvalue weighted by atomic mass is 16.7. The van der Waals surface area contributed by atoms with E-state index in [1.165, 1.54) is 38.3 Å². The summed E-state index contributed by atoms with van der Waals surface area (Å²) in [5.41, 5.74) is 1.67. The highest BCUT2D eigenvalue weighted by Gasteiger charge is 2.11. The molecule has 0 N–H and O–H groups in total. The Morgan fingerprint density at radius 1 is 0.688 bits per heavy atom. The molecule has 0 amide bonds. The number of carbonyl (C=O) groups excluding carboxylic acids is 4. The summed E-state index contributed by atoms with van der Waals surface area (Å²) < 4.78 is 20.1. The summed E-state index contributed by atoms with van der Waals surface area (Å²) in [6, 6.07) is 12.4. The van der Waals surface area contributed by atoms with Crippen LogP contribution in [0.5, 0.6) is 0 Å². The van der Waals surface area contributed by atoms with E-state index in [-0.39, 0.29) is 31.6 Å². The predicted molar refractivity (Wildman–Crippen MR) is 115 cm³/mol. The maximum atomic E-state index is 12.1. The Bertz CT molecular complexity index is 916. The van der Waals surface area contributed by atoms with E-state index in [1.807, 2.05) is 0 Å². The number of Topliss-reactive ketones (excluding diaryl/α,β-unsaturated/α-hetero) is 2. The summed E-state index contributed by atoms with van der Waals surface area (Å²) in [4.78, 5) is 47.0. The van der Waals surface area contributed by atoms with Crippen molar-refractivity contribution < 1.29 is 38.1 Å². The van der Waals surface area contributed by atoms with Crippen molar-refractivity contribution in [3.05, 3.63) is 70.8 Å². The molecule has 0 spiro atoms. The van der Waals surface area contributed by atoms with Crippen molar-refractivity contribution in [1.29, 1.82) is 0 Å². The molecule has 2 aromatic carbocycles. The molecule has 2 aromatic rings. The maximum Gasteiger partial charge on any atom is 0.340 e. The van der Waals surface area contributed by atoms with E-state index < -0.39 is 11.9 Å². The van der Waals surface area contributed by atoms with E-state index in [9.17, 15) is 19.2 Å². The second-order valence-corrected chi connectivity index (χ2v) is 6.87. The maximum absolute atomic E-state index is 12.1. The molecule has 0 aliphatic rings. The van der Waals surface area contributed by atoms with Crippen molar-refractivity contribution in [2.45, 2.75) is 19.8 Å². The van der Waals surface area contributed by atoms with Crippen LogP contribution in [0.2, 0.25) is 0 Å². The first-order valence-corrected chi connectivity index (χ1v) is 10.1. The van der Waals surface area contributed by atoms with Crippen LogP contribution in [0.1, 0.15) is 61.2 Å². The van der Waals surface area contributed by atoms with Gasteiger partial charge in [0.15, 0.2) is 18.4 Å². The molecule has 0 aliphatic heterocycles. The number of rotatable bonds is 13. The summed E-state index contributed by atoms with van der Waals surface area (Å²) >= 11 is 0. The monoisotopic (exact) mass is 442 g/mol. The molecule has 0 atom stereocenters. The average Bonchev–Trinajstić information content (AvgIpc) is 2.81. The van der Waals surface area contributed by atoms with Crippen molar-refractivity contribution >= 4 is 23.5 Å². The average molecular weight is 442 g/mol. The van der Waals surface area contributed by atoms with Crippen LogP contribution in [0.25, 0.3) is 0 Å². The molecule has 32 heavy (non-hydrogen) atoms. The minimum Gasteiger partial charge on any atom is -0.462 e. The van der Waals surface area contributed by atoms with Crippen LogP contribution < -0.4 is 0 Å². The summed E-state index contributed by atoms with van der Waals surface area (Å²) in [5, 5.41) is 0. The third kappa shape index (κ3) is 8.05. The Kier molecular flexibility index (Phi) is 10.2. The predicted octanol–water partition coefficient (Wildman–Crippen LogP) is 3.49. The zero-order valence-corrected chi connectivity index (χ0v) is 18.1. The molecule has 8 heteroatoms. The molecular formula is C24H26O8. The Labute approximate surface area is 186 Å². The quantitative estimate of drug-likeness (QED) is 0.201. The van der Waals surface area contributed by atoms with Gasteiger partial charge in [0.05, 0.1) is 17.7 Å². The van der Waals surface area contributed by atoms with Gasteiger partial charge in [-0.15, -0.1) is 0 Å². The van der Waals surface area contributed by atoms with Gasteiger partial charge in [0.2, 0.25) is 0 Å². The van der Waals surface area contributed by atoms with Crippen molar-refractivity contribution in [3.8, 4) is 0 Å². The standard InChI is InChI=1S/C24H26O8/c1-17(25)18-5-9-20(10-6-18)23(27)31-14-4-3-13-30-15-22(26)19-7-11-21(12-8-19)24(28)32-16-29-2/h5-12H,3-4,13-16H2,1-2H3. The number of carbonyl (C=O) groups is 4. The summed E-state index contributed by atoms with van der Waals surface area (Å²) in [5.74, 6) is -1.26. The molecule has 2 rings (SSSR count). The van der Waals surface area contributed by atoms with Gasteiger partial charge in [0.1, 0.15) is 6.61 Å². The van der Waals surface area contributed by atoms with Crippen LogP contribution in [-0.2, 0) is 18.9 Å². The molecule has 0 radical (unpaired) electrons. The second kappa shape index (κ2) is 13.1. The summed E-state index contributed by atoms with van der Waals surface area (Å²) in [6.45, 7) is 1.81. The smallest absolute Gasteiger partial charge is 0.340 e. The van der Waals surface area contributed by atoms with Crippen molar-refractivity contribution in [1.82, 2.24) is 0 Å². The lowest BCUT2D eigenvalue weighted by atomic mass is 10.1. The van der Waals surface area contributed by atoms with Crippen LogP contribution in [0, 0.1) is 0 Å². The van der Waals surface area contributed by atoms with Crippen LogP contribution in [0.4, 0.5) is 0 Å². The van der Waals surface area contributed by atoms with Crippen LogP contribution >= 0.6 is 0 Å². The van der Waals surface area contributed by atoms with Gasteiger partial charge >= 0.3 is 11.9 Å².